The summed E-state index contributed by atoms with van der Waals surface area (Å²) in [4.78, 5) is 14.2. The third-order valence-electron chi connectivity index (χ3n) is 4.48. The average molecular weight is 254 g/mol. The average Bonchev–Trinajstić information content (AvgIpc) is 2.84. The van der Waals surface area contributed by atoms with Crippen LogP contribution in [0, 0.1) is 5.92 Å². The molecule has 0 aromatic rings. The van der Waals surface area contributed by atoms with E-state index in [0.717, 1.165) is 64.7 Å². The van der Waals surface area contributed by atoms with Gasteiger partial charge < -0.3 is 15.4 Å². The van der Waals surface area contributed by atoms with Crippen molar-refractivity contribution in [2.24, 2.45) is 11.7 Å². The third-order valence-corrected chi connectivity index (χ3v) is 4.48. The Kier molecular flexibility index (Phi) is 4.62. The highest BCUT2D eigenvalue weighted by molar-refractivity contribution is 5.86. The van der Waals surface area contributed by atoms with Gasteiger partial charge in [-0.05, 0) is 38.0 Å². The summed E-state index contributed by atoms with van der Waals surface area (Å²) in [6, 6.07) is 0. The van der Waals surface area contributed by atoms with Crippen LogP contribution in [-0.4, -0.2) is 43.2 Å². The number of nitrogens with zero attached hydrogens (tertiary/aromatic N) is 1. The molecule has 0 atom stereocenters. The Morgan fingerprint density at radius 3 is 2.56 bits per heavy atom. The Hall–Kier alpha value is -0.610. The van der Waals surface area contributed by atoms with Gasteiger partial charge in [0.1, 0.15) is 0 Å². The van der Waals surface area contributed by atoms with E-state index in [0.29, 0.717) is 5.92 Å². The lowest BCUT2D eigenvalue weighted by molar-refractivity contribution is -0.135. The summed E-state index contributed by atoms with van der Waals surface area (Å²) in [6.07, 6.45) is 7.25. The molecule has 2 rings (SSSR count). The van der Waals surface area contributed by atoms with Gasteiger partial charge in [-0.25, -0.2) is 0 Å². The van der Waals surface area contributed by atoms with Crippen LogP contribution < -0.4 is 5.73 Å². The first kappa shape index (κ1) is 13.8. The van der Waals surface area contributed by atoms with Crippen LogP contribution in [0.3, 0.4) is 0 Å². The van der Waals surface area contributed by atoms with Crippen LogP contribution in [0.2, 0.25) is 0 Å². The predicted octanol–water partition coefficient (Wildman–Crippen LogP) is 1.53. The number of ether oxygens (including phenoxy) is 1. The van der Waals surface area contributed by atoms with Crippen molar-refractivity contribution in [3.8, 4) is 0 Å². The Balaban J connectivity index is 1.76. The SMILES string of the molecule is CN(CCC1CCOCC1)C(=O)C1(N)CCCC1. The van der Waals surface area contributed by atoms with E-state index in [2.05, 4.69) is 0 Å². The zero-order valence-electron chi connectivity index (χ0n) is 11.5. The van der Waals surface area contributed by atoms with E-state index in [-0.39, 0.29) is 5.91 Å². The molecule has 0 unspecified atom stereocenters. The zero-order valence-corrected chi connectivity index (χ0v) is 11.5. The summed E-state index contributed by atoms with van der Waals surface area (Å²) in [6.45, 7) is 2.59. The molecule has 4 nitrogen and oxygen atoms in total. The van der Waals surface area contributed by atoms with Crippen LogP contribution >= 0.6 is 0 Å². The molecule has 1 saturated carbocycles. The van der Waals surface area contributed by atoms with Crippen molar-refractivity contribution in [3.63, 3.8) is 0 Å². The first-order valence-corrected chi connectivity index (χ1v) is 7.24. The largest absolute Gasteiger partial charge is 0.381 e. The molecule has 0 radical (unpaired) electrons. The van der Waals surface area contributed by atoms with Crippen molar-refractivity contribution in [1.82, 2.24) is 4.90 Å². The topological polar surface area (TPSA) is 55.6 Å². The summed E-state index contributed by atoms with van der Waals surface area (Å²) in [5.74, 6) is 0.860. The normalized spacial score (nSPS) is 24.1. The van der Waals surface area contributed by atoms with Gasteiger partial charge in [0, 0.05) is 26.8 Å². The Bertz CT molecular complexity index is 282. The van der Waals surface area contributed by atoms with Crippen molar-refractivity contribution in [2.45, 2.75) is 50.5 Å². The molecule has 1 saturated heterocycles. The molecular weight excluding hydrogens is 228 g/mol. The van der Waals surface area contributed by atoms with E-state index in [9.17, 15) is 4.79 Å². The fourth-order valence-corrected chi connectivity index (χ4v) is 3.11. The second-order valence-corrected chi connectivity index (χ2v) is 5.93. The number of amides is 1. The number of hydrogen-bond donors (Lipinski definition) is 1. The van der Waals surface area contributed by atoms with Gasteiger partial charge in [-0.1, -0.05) is 12.8 Å². The quantitative estimate of drug-likeness (QED) is 0.828. The molecule has 1 aliphatic heterocycles. The van der Waals surface area contributed by atoms with E-state index < -0.39 is 5.54 Å². The van der Waals surface area contributed by atoms with Gasteiger partial charge in [0.2, 0.25) is 5.91 Å². The van der Waals surface area contributed by atoms with Crippen LogP contribution in [0.25, 0.3) is 0 Å². The number of carbonyl (C=O) groups excluding carboxylic acids is 1. The second kappa shape index (κ2) is 6.02. The standard InChI is InChI=1S/C14H26N2O2/c1-16(9-4-12-5-10-18-11-6-12)13(17)14(15)7-2-3-8-14/h12H,2-11,15H2,1H3. The van der Waals surface area contributed by atoms with Crippen molar-refractivity contribution < 1.29 is 9.53 Å². The molecular formula is C14H26N2O2. The maximum atomic E-state index is 12.3. The van der Waals surface area contributed by atoms with E-state index in [4.69, 9.17) is 10.5 Å². The minimum atomic E-state index is -0.565. The Morgan fingerprint density at radius 1 is 1.33 bits per heavy atom. The Morgan fingerprint density at radius 2 is 1.94 bits per heavy atom. The monoisotopic (exact) mass is 254 g/mol. The van der Waals surface area contributed by atoms with Crippen LogP contribution in [0.4, 0.5) is 0 Å². The van der Waals surface area contributed by atoms with Crippen molar-refractivity contribution >= 4 is 5.91 Å². The smallest absolute Gasteiger partial charge is 0.242 e. The molecule has 0 bridgehead atoms. The first-order chi connectivity index (χ1) is 8.62. The molecule has 2 N–H and O–H groups in total. The molecule has 1 aliphatic carbocycles. The minimum Gasteiger partial charge on any atom is -0.381 e. The number of likely N-dealkylation sites (N-methyl/N-ethyl adjacent to an activating group) is 1. The van der Waals surface area contributed by atoms with Crippen LogP contribution in [-0.2, 0) is 9.53 Å². The van der Waals surface area contributed by atoms with Gasteiger partial charge in [0.25, 0.3) is 0 Å². The molecule has 1 amide bonds. The second-order valence-electron chi connectivity index (χ2n) is 5.93. The van der Waals surface area contributed by atoms with E-state index in [1.54, 1.807) is 0 Å². The van der Waals surface area contributed by atoms with Gasteiger partial charge in [0.15, 0.2) is 0 Å². The number of rotatable bonds is 4. The highest BCUT2D eigenvalue weighted by atomic mass is 16.5. The van der Waals surface area contributed by atoms with E-state index in [1.807, 2.05) is 11.9 Å². The minimum absolute atomic E-state index is 0.145. The van der Waals surface area contributed by atoms with Gasteiger partial charge in [-0.2, -0.15) is 0 Å². The summed E-state index contributed by atoms with van der Waals surface area (Å²) < 4.78 is 5.35. The lowest BCUT2D eigenvalue weighted by atomic mass is 9.94. The summed E-state index contributed by atoms with van der Waals surface area (Å²) in [7, 11) is 1.90. The van der Waals surface area contributed by atoms with Crippen molar-refractivity contribution in [3.05, 3.63) is 0 Å². The highest BCUT2D eigenvalue weighted by Crippen LogP contribution is 2.29. The highest BCUT2D eigenvalue weighted by Gasteiger charge is 2.38. The lowest BCUT2D eigenvalue weighted by Gasteiger charge is -2.30. The van der Waals surface area contributed by atoms with E-state index in [1.165, 1.54) is 0 Å². The summed E-state index contributed by atoms with van der Waals surface area (Å²) >= 11 is 0. The predicted molar refractivity (Wildman–Crippen MR) is 71.2 cm³/mol. The third kappa shape index (κ3) is 3.23. The number of hydrogen-bond acceptors (Lipinski definition) is 3. The van der Waals surface area contributed by atoms with Crippen molar-refractivity contribution in [1.29, 1.82) is 0 Å². The molecule has 104 valence electrons. The number of carbonyl (C=O) groups is 1. The number of nitrogens with two attached hydrogens (primary N) is 1. The molecule has 2 fully saturated rings. The van der Waals surface area contributed by atoms with Crippen LogP contribution in [0.15, 0.2) is 0 Å². The molecule has 1 heterocycles. The maximum absolute atomic E-state index is 12.3. The zero-order chi connectivity index (χ0) is 13.0. The van der Waals surface area contributed by atoms with Crippen molar-refractivity contribution in [2.75, 3.05) is 26.8 Å². The lowest BCUT2D eigenvalue weighted by Crippen LogP contribution is -2.52. The van der Waals surface area contributed by atoms with E-state index >= 15 is 0 Å². The maximum Gasteiger partial charge on any atom is 0.242 e. The molecule has 4 heteroatoms. The summed E-state index contributed by atoms with van der Waals surface area (Å²) in [5, 5.41) is 0. The first-order valence-electron chi connectivity index (χ1n) is 7.24. The van der Waals surface area contributed by atoms with Gasteiger partial charge in [0.05, 0.1) is 5.54 Å². The van der Waals surface area contributed by atoms with Gasteiger partial charge >= 0.3 is 0 Å². The van der Waals surface area contributed by atoms with Gasteiger partial charge in [-0.15, -0.1) is 0 Å². The molecule has 0 spiro atoms. The van der Waals surface area contributed by atoms with Gasteiger partial charge in [-0.3, -0.25) is 4.79 Å². The summed E-state index contributed by atoms with van der Waals surface area (Å²) in [5.41, 5.74) is 5.64. The molecule has 2 aliphatic rings. The van der Waals surface area contributed by atoms with Crippen LogP contribution in [0.5, 0.6) is 0 Å². The molecule has 18 heavy (non-hydrogen) atoms. The Labute approximate surface area is 110 Å². The van der Waals surface area contributed by atoms with Crippen LogP contribution in [0.1, 0.15) is 44.9 Å². The fourth-order valence-electron chi connectivity index (χ4n) is 3.11. The molecule has 0 aromatic carbocycles. The molecule has 0 aromatic heterocycles. The fraction of sp³-hybridized carbons (Fsp3) is 0.929.